The van der Waals surface area contributed by atoms with E-state index in [0.29, 0.717) is 12.8 Å². The zero-order valence-electron chi connectivity index (χ0n) is 50.2. The van der Waals surface area contributed by atoms with Gasteiger partial charge >= 0.3 is 17.9 Å². The van der Waals surface area contributed by atoms with Crippen LogP contribution in [0.2, 0.25) is 0 Å². The van der Waals surface area contributed by atoms with Crippen LogP contribution in [-0.4, -0.2) is 37.2 Å². The molecule has 0 heterocycles. The van der Waals surface area contributed by atoms with Crippen LogP contribution in [0.3, 0.4) is 0 Å². The SMILES string of the molecule is CC/C=C\C/C=C\C/C=C\C/C=C\C/C=C\CCCCCCCCCCCC(=O)OCC(COC(=O)C/C=C\C/C=C\C/C=C\C/C=C\C/C=C\CC)OC(=O)CCCCCCCCCCCCCCCCCCCCC. The summed E-state index contributed by atoms with van der Waals surface area (Å²) in [7, 11) is 0. The van der Waals surface area contributed by atoms with Gasteiger partial charge in [-0.15, -0.1) is 0 Å². The first-order chi connectivity index (χ1) is 38.0. The first-order valence-corrected chi connectivity index (χ1v) is 32.0. The van der Waals surface area contributed by atoms with E-state index in [2.05, 4.69) is 130 Å². The van der Waals surface area contributed by atoms with Gasteiger partial charge in [0.15, 0.2) is 6.10 Å². The lowest BCUT2D eigenvalue weighted by atomic mass is 10.0. The second-order valence-electron chi connectivity index (χ2n) is 20.9. The van der Waals surface area contributed by atoms with Crippen molar-refractivity contribution in [3.05, 3.63) is 122 Å². The van der Waals surface area contributed by atoms with Crippen molar-refractivity contribution in [2.75, 3.05) is 13.2 Å². The van der Waals surface area contributed by atoms with Crippen molar-refractivity contribution < 1.29 is 28.6 Å². The Morgan fingerprint density at radius 2 is 0.558 bits per heavy atom. The van der Waals surface area contributed by atoms with Gasteiger partial charge in [-0.05, 0) is 89.9 Å². The van der Waals surface area contributed by atoms with Gasteiger partial charge in [0.25, 0.3) is 0 Å². The van der Waals surface area contributed by atoms with Gasteiger partial charge in [0.2, 0.25) is 0 Å². The predicted octanol–water partition coefficient (Wildman–Crippen LogP) is 22.0. The number of hydrogen-bond donors (Lipinski definition) is 0. The number of rotatable bonds is 57. The minimum absolute atomic E-state index is 0.111. The van der Waals surface area contributed by atoms with Gasteiger partial charge in [-0.3, -0.25) is 14.4 Å². The summed E-state index contributed by atoms with van der Waals surface area (Å²) in [4.78, 5) is 38.3. The third-order valence-corrected chi connectivity index (χ3v) is 13.5. The van der Waals surface area contributed by atoms with Crippen molar-refractivity contribution in [3.63, 3.8) is 0 Å². The highest BCUT2D eigenvalue weighted by atomic mass is 16.6. The molecule has 6 heteroatoms. The fourth-order valence-corrected chi connectivity index (χ4v) is 8.78. The molecule has 0 fully saturated rings. The maximum Gasteiger partial charge on any atom is 0.309 e. The Hall–Kier alpha value is -4.19. The monoisotopic (exact) mass is 1070 g/mol. The van der Waals surface area contributed by atoms with Gasteiger partial charge in [0.1, 0.15) is 13.2 Å². The molecule has 0 aromatic rings. The molecule has 0 aliphatic rings. The Morgan fingerprint density at radius 3 is 0.909 bits per heavy atom. The van der Waals surface area contributed by atoms with Crippen molar-refractivity contribution >= 4 is 17.9 Å². The van der Waals surface area contributed by atoms with Crippen molar-refractivity contribution in [1.82, 2.24) is 0 Å². The maximum atomic E-state index is 12.9. The van der Waals surface area contributed by atoms with Crippen LogP contribution in [0.15, 0.2) is 122 Å². The second kappa shape index (κ2) is 64.3. The summed E-state index contributed by atoms with van der Waals surface area (Å²) in [6.45, 7) is 6.34. The highest BCUT2D eigenvalue weighted by Gasteiger charge is 2.19. The number of hydrogen-bond acceptors (Lipinski definition) is 6. The summed E-state index contributed by atoms with van der Waals surface area (Å²) in [5.74, 6) is -1.04. The van der Waals surface area contributed by atoms with Crippen molar-refractivity contribution in [1.29, 1.82) is 0 Å². The third kappa shape index (κ3) is 62.5. The minimum atomic E-state index is -0.823. The summed E-state index contributed by atoms with van der Waals surface area (Å²) in [6.07, 6.45) is 89.4. The highest BCUT2D eigenvalue weighted by Crippen LogP contribution is 2.16. The van der Waals surface area contributed by atoms with Crippen LogP contribution >= 0.6 is 0 Å². The molecular weight excluding hydrogens is 949 g/mol. The van der Waals surface area contributed by atoms with Crippen LogP contribution in [0.1, 0.15) is 290 Å². The van der Waals surface area contributed by atoms with Crippen LogP contribution in [0.25, 0.3) is 0 Å². The molecule has 0 spiro atoms. The molecule has 438 valence electrons. The van der Waals surface area contributed by atoms with Gasteiger partial charge in [-0.1, -0.05) is 303 Å². The number of esters is 3. The molecule has 0 aliphatic carbocycles. The average Bonchev–Trinajstić information content (AvgIpc) is 3.43. The number of carbonyl (C=O) groups is 3. The predicted molar refractivity (Wildman–Crippen MR) is 334 cm³/mol. The average molecular weight is 1070 g/mol. The quantitative estimate of drug-likeness (QED) is 0.0261. The lowest BCUT2D eigenvalue weighted by Gasteiger charge is -2.18. The first-order valence-electron chi connectivity index (χ1n) is 32.0. The van der Waals surface area contributed by atoms with E-state index in [1.54, 1.807) is 6.08 Å². The second-order valence-corrected chi connectivity index (χ2v) is 20.9. The normalized spacial score (nSPS) is 12.9. The Balaban J connectivity index is 4.42. The largest absolute Gasteiger partial charge is 0.462 e. The van der Waals surface area contributed by atoms with Crippen LogP contribution in [0, 0.1) is 0 Å². The standard InChI is InChI=1S/C71H118O6/c1-4-7-10-13-16-19-22-25-28-30-32-33-34-35-36-37-39-40-43-46-49-52-55-58-61-64-70(73)76-67-68(66-75-69(72)63-60-57-54-51-48-45-42-27-24-21-18-15-12-9-6-3)77-71(74)65-62-59-56-53-50-47-44-41-38-31-29-26-23-20-17-14-11-8-5-2/h7,9-10,12,16,18-19,21,25,27-28,32-33,35-36,42,48,51,57,60,68H,4-6,8,11,13-15,17,20,22-24,26,29-31,34,37-41,43-47,49-50,52-56,58-59,61-67H2,1-3H3/b10-7-,12-9-,19-16-,21-18-,28-25-,33-32-,36-35-,42-27-,51-48-,60-57-. The molecule has 6 nitrogen and oxygen atoms in total. The van der Waals surface area contributed by atoms with E-state index >= 15 is 0 Å². The summed E-state index contributed by atoms with van der Waals surface area (Å²) in [5, 5.41) is 0. The molecule has 0 saturated heterocycles. The molecule has 0 amide bonds. The van der Waals surface area contributed by atoms with Gasteiger partial charge in [-0.25, -0.2) is 0 Å². The molecule has 1 atom stereocenters. The maximum absolute atomic E-state index is 12.9. The van der Waals surface area contributed by atoms with E-state index in [4.69, 9.17) is 14.2 Å². The minimum Gasteiger partial charge on any atom is -0.462 e. The number of allylic oxidation sites excluding steroid dienone is 19. The smallest absolute Gasteiger partial charge is 0.309 e. The lowest BCUT2D eigenvalue weighted by Crippen LogP contribution is -2.30. The fraction of sp³-hybridized carbons (Fsp3) is 0.676. The molecule has 0 aliphatic heterocycles. The van der Waals surface area contributed by atoms with Crippen LogP contribution in [0.4, 0.5) is 0 Å². The molecule has 0 radical (unpaired) electrons. The topological polar surface area (TPSA) is 78.9 Å². The molecule has 77 heavy (non-hydrogen) atoms. The first kappa shape index (κ1) is 72.8. The van der Waals surface area contributed by atoms with Crippen LogP contribution in [0.5, 0.6) is 0 Å². The fourth-order valence-electron chi connectivity index (χ4n) is 8.78. The van der Waals surface area contributed by atoms with E-state index in [9.17, 15) is 14.4 Å². The summed E-state index contributed by atoms with van der Waals surface area (Å²) >= 11 is 0. The zero-order chi connectivity index (χ0) is 55.7. The summed E-state index contributed by atoms with van der Waals surface area (Å²) in [6, 6.07) is 0. The summed E-state index contributed by atoms with van der Waals surface area (Å²) < 4.78 is 16.8. The third-order valence-electron chi connectivity index (χ3n) is 13.5. The van der Waals surface area contributed by atoms with Gasteiger partial charge in [0.05, 0.1) is 6.42 Å². The Bertz CT molecular complexity index is 1600. The van der Waals surface area contributed by atoms with Gasteiger partial charge in [0, 0.05) is 12.8 Å². The van der Waals surface area contributed by atoms with Crippen molar-refractivity contribution in [3.8, 4) is 0 Å². The van der Waals surface area contributed by atoms with Gasteiger partial charge in [-0.2, -0.15) is 0 Å². The Kier molecular flexibility index (Phi) is 60.8. The van der Waals surface area contributed by atoms with E-state index in [0.717, 1.165) is 109 Å². The van der Waals surface area contributed by atoms with E-state index in [1.165, 1.54) is 141 Å². The number of carbonyl (C=O) groups excluding carboxylic acids is 3. The van der Waals surface area contributed by atoms with Crippen LogP contribution in [-0.2, 0) is 28.6 Å². The Labute approximate surface area is 475 Å². The van der Waals surface area contributed by atoms with Crippen LogP contribution < -0.4 is 0 Å². The van der Waals surface area contributed by atoms with Gasteiger partial charge < -0.3 is 14.2 Å². The molecular formula is C71H118O6. The van der Waals surface area contributed by atoms with E-state index in [-0.39, 0.29) is 31.6 Å². The highest BCUT2D eigenvalue weighted by molar-refractivity contribution is 5.72. The molecule has 0 aromatic carbocycles. The zero-order valence-corrected chi connectivity index (χ0v) is 50.2. The molecule has 0 rings (SSSR count). The molecule has 0 aromatic heterocycles. The molecule has 1 unspecified atom stereocenters. The molecule has 0 N–H and O–H groups in total. The molecule has 0 saturated carbocycles. The number of unbranched alkanes of at least 4 members (excludes halogenated alkanes) is 27. The Morgan fingerprint density at radius 1 is 0.286 bits per heavy atom. The van der Waals surface area contributed by atoms with Crippen molar-refractivity contribution in [2.45, 2.75) is 297 Å². The van der Waals surface area contributed by atoms with E-state index in [1.807, 2.05) is 6.08 Å². The van der Waals surface area contributed by atoms with Crippen molar-refractivity contribution in [2.24, 2.45) is 0 Å². The lowest BCUT2D eigenvalue weighted by molar-refractivity contribution is -0.166. The van der Waals surface area contributed by atoms with E-state index < -0.39 is 12.1 Å². The summed E-state index contributed by atoms with van der Waals surface area (Å²) in [5.41, 5.74) is 0. The number of ether oxygens (including phenoxy) is 3. The molecule has 0 bridgehead atoms.